The minimum absolute atomic E-state index is 0.0208. The van der Waals surface area contributed by atoms with E-state index >= 15 is 0 Å². The van der Waals surface area contributed by atoms with Gasteiger partial charge in [-0.15, -0.1) is 0 Å². The Morgan fingerprint density at radius 1 is 1.22 bits per heavy atom. The van der Waals surface area contributed by atoms with Crippen LogP contribution in [-0.2, 0) is 0 Å². The highest BCUT2D eigenvalue weighted by molar-refractivity contribution is 7.22. The maximum atomic E-state index is 13.4. The van der Waals surface area contributed by atoms with Crippen molar-refractivity contribution in [3.8, 4) is 5.75 Å². The molecule has 5 nitrogen and oxygen atoms in total. The first-order chi connectivity index (χ1) is 13.1. The Labute approximate surface area is 160 Å². The first kappa shape index (κ1) is 17.7. The van der Waals surface area contributed by atoms with Gasteiger partial charge in [-0.25, -0.2) is 9.37 Å². The average molecular weight is 385 g/mol. The van der Waals surface area contributed by atoms with E-state index in [2.05, 4.69) is 15.6 Å². The molecule has 2 atom stereocenters. The number of carbonyl (C=O) groups excluding carboxylic acids is 1. The van der Waals surface area contributed by atoms with Gasteiger partial charge < -0.3 is 15.4 Å². The predicted molar refractivity (Wildman–Crippen MR) is 105 cm³/mol. The summed E-state index contributed by atoms with van der Waals surface area (Å²) >= 11 is 1.43. The maximum absolute atomic E-state index is 13.4. The Kier molecular flexibility index (Phi) is 4.94. The van der Waals surface area contributed by atoms with Crippen LogP contribution in [0, 0.1) is 5.82 Å². The van der Waals surface area contributed by atoms with E-state index in [1.54, 1.807) is 31.4 Å². The van der Waals surface area contributed by atoms with Crippen LogP contribution < -0.4 is 15.4 Å². The molecule has 0 saturated heterocycles. The lowest BCUT2D eigenvalue weighted by atomic mass is 10.1. The molecule has 1 fully saturated rings. The first-order valence-electron chi connectivity index (χ1n) is 8.90. The van der Waals surface area contributed by atoms with Crippen molar-refractivity contribution in [2.24, 2.45) is 0 Å². The summed E-state index contributed by atoms with van der Waals surface area (Å²) in [6.45, 7) is 0. The van der Waals surface area contributed by atoms with Gasteiger partial charge in [0.15, 0.2) is 5.13 Å². The zero-order valence-corrected chi connectivity index (χ0v) is 15.7. The Bertz CT molecular complexity index is 975. The van der Waals surface area contributed by atoms with Gasteiger partial charge in [0.1, 0.15) is 11.6 Å². The number of benzene rings is 2. The SMILES string of the molecule is COc1cccc(C(=O)N[C@H]2CCC[C@H]2Nc2nc3ccc(F)cc3s2)c1. The number of rotatable bonds is 5. The summed E-state index contributed by atoms with van der Waals surface area (Å²) in [5.41, 5.74) is 1.36. The highest BCUT2D eigenvalue weighted by Crippen LogP contribution is 2.30. The van der Waals surface area contributed by atoms with Gasteiger partial charge >= 0.3 is 0 Å². The molecule has 2 N–H and O–H groups in total. The lowest BCUT2D eigenvalue weighted by molar-refractivity contribution is 0.0935. The molecule has 3 aromatic rings. The highest BCUT2D eigenvalue weighted by atomic mass is 32.1. The van der Waals surface area contributed by atoms with Crippen molar-refractivity contribution in [1.29, 1.82) is 0 Å². The van der Waals surface area contributed by atoms with Crippen LogP contribution in [0.5, 0.6) is 5.75 Å². The normalized spacial score (nSPS) is 19.2. The van der Waals surface area contributed by atoms with Gasteiger partial charge in [-0.3, -0.25) is 4.79 Å². The molecule has 1 amide bonds. The number of hydrogen-bond acceptors (Lipinski definition) is 5. The average Bonchev–Trinajstić information content (AvgIpc) is 3.28. The minimum atomic E-state index is -0.262. The zero-order chi connectivity index (χ0) is 18.8. The molecule has 0 bridgehead atoms. The Balaban J connectivity index is 1.45. The number of methoxy groups -OCH3 is 1. The minimum Gasteiger partial charge on any atom is -0.497 e. The van der Waals surface area contributed by atoms with E-state index in [-0.39, 0.29) is 23.8 Å². The van der Waals surface area contributed by atoms with Crippen LogP contribution in [0.3, 0.4) is 0 Å². The van der Waals surface area contributed by atoms with Crippen molar-refractivity contribution in [2.75, 3.05) is 12.4 Å². The molecule has 2 aromatic carbocycles. The third kappa shape index (κ3) is 3.88. The molecule has 1 aliphatic rings. The standard InChI is InChI=1S/C20H20FN3O2S/c1-26-14-5-2-4-12(10-14)19(25)22-15-6-3-7-16(15)23-20-24-17-9-8-13(21)11-18(17)27-20/h2,4-5,8-11,15-16H,3,6-7H2,1H3,(H,22,25)(H,23,24)/t15-,16+/m0/s1. The molecular weight excluding hydrogens is 365 g/mol. The van der Waals surface area contributed by atoms with E-state index in [9.17, 15) is 9.18 Å². The lowest BCUT2D eigenvalue weighted by Crippen LogP contribution is -2.43. The van der Waals surface area contributed by atoms with Gasteiger partial charge in [0.2, 0.25) is 0 Å². The summed E-state index contributed by atoms with van der Waals surface area (Å²) in [5.74, 6) is 0.284. The molecule has 0 radical (unpaired) electrons. The van der Waals surface area contributed by atoms with Gasteiger partial charge in [-0.05, 0) is 55.7 Å². The summed E-state index contributed by atoms with van der Waals surface area (Å²) < 4.78 is 19.4. The molecule has 1 aliphatic carbocycles. The summed E-state index contributed by atoms with van der Waals surface area (Å²) in [7, 11) is 1.58. The van der Waals surface area contributed by atoms with E-state index in [4.69, 9.17) is 4.74 Å². The van der Waals surface area contributed by atoms with Crippen molar-refractivity contribution in [1.82, 2.24) is 10.3 Å². The number of halogens is 1. The van der Waals surface area contributed by atoms with E-state index in [1.807, 2.05) is 6.07 Å². The topological polar surface area (TPSA) is 63.2 Å². The quantitative estimate of drug-likeness (QED) is 0.691. The van der Waals surface area contributed by atoms with Gasteiger partial charge in [-0.2, -0.15) is 0 Å². The third-order valence-electron chi connectivity index (χ3n) is 4.82. The van der Waals surface area contributed by atoms with Crippen LogP contribution in [0.1, 0.15) is 29.6 Å². The number of ether oxygens (including phenoxy) is 1. The molecule has 140 valence electrons. The Morgan fingerprint density at radius 2 is 2.07 bits per heavy atom. The second-order valence-corrected chi connectivity index (χ2v) is 7.66. The smallest absolute Gasteiger partial charge is 0.251 e. The van der Waals surface area contributed by atoms with E-state index in [0.29, 0.717) is 11.3 Å². The summed E-state index contributed by atoms with van der Waals surface area (Å²) in [5, 5.41) is 7.30. The van der Waals surface area contributed by atoms with Gasteiger partial charge in [0.25, 0.3) is 5.91 Å². The molecular formula is C20H20FN3O2S. The predicted octanol–water partition coefficient (Wildman–Crippen LogP) is 4.21. The number of aromatic nitrogens is 1. The van der Waals surface area contributed by atoms with Gasteiger partial charge in [0, 0.05) is 17.6 Å². The molecule has 27 heavy (non-hydrogen) atoms. The molecule has 1 saturated carbocycles. The number of nitrogens with zero attached hydrogens (tertiary/aromatic N) is 1. The molecule has 0 aliphatic heterocycles. The summed E-state index contributed by atoms with van der Waals surface area (Å²) in [6.07, 6.45) is 2.89. The number of amides is 1. The van der Waals surface area contributed by atoms with E-state index in [1.165, 1.54) is 23.5 Å². The number of thiazole rings is 1. The lowest BCUT2D eigenvalue weighted by Gasteiger charge is -2.22. The van der Waals surface area contributed by atoms with Crippen LogP contribution in [0.4, 0.5) is 9.52 Å². The second-order valence-electron chi connectivity index (χ2n) is 6.62. The molecule has 0 spiro atoms. The van der Waals surface area contributed by atoms with E-state index in [0.717, 1.165) is 34.6 Å². The number of carbonyl (C=O) groups is 1. The molecule has 1 heterocycles. The molecule has 7 heteroatoms. The second kappa shape index (κ2) is 7.52. The van der Waals surface area contributed by atoms with Gasteiger partial charge in [0.05, 0.1) is 17.3 Å². The molecule has 1 aromatic heterocycles. The number of nitrogens with one attached hydrogen (secondary N) is 2. The van der Waals surface area contributed by atoms with Crippen LogP contribution in [-0.4, -0.2) is 30.1 Å². The first-order valence-corrected chi connectivity index (χ1v) is 9.71. The number of hydrogen-bond donors (Lipinski definition) is 2. The fourth-order valence-corrected chi connectivity index (χ4v) is 4.39. The number of anilines is 1. The maximum Gasteiger partial charge on any atom is 0.251 e. The highest BCUT2D eigenvalue weighted by Gasteiger charge is 2.29. The van der Waals surface area contributed by atoms with Crippen LogP contribution in [0.2, 0.25) is 0 Å². The van der Waals surface area contributed by atoms with E-state index < -0.39 is 0 Å². The van der Waals surface area contributed by atoms with Gasteiger partial charge in [-0.1, -0.05) is 17.4 Å². The fourth-order valence-electron chi connectivity index (χ4n) is 3.44. The monoisotopic (exact) mass is 385 g/mol. The fraction of sp³-hybridized carbons (Fsp3) is 0.300. The van der Waals surface area contributed by atoms with Crippen molar-refractivity contribution in [3.63, 3.8) is 0 Å². The summed E-state index contributed by atoms with van der Waals surface area (Å²) in [4.78, 5) is 17.1. The van der Waals surface area contributed by atoms with Crippen LogP contribution >= 0.6 is 11.3 Å². The van der Waals surface area contributed by atoms with Crippen molar-refractivity contribution in [3.05, 3.63) is 53.8 Å². The third-order valence-corrected chi connectivity index (χ3v) is 5.77. The van der Waals surface area contributed by atoms with Crippen LogP contribution in [0.15, 0.2) is 42.5 Å². The van der Waals surface area contributed by atoms with Crippen molar-refractivity contribution < 1.29 is 13.9 Å². The zero-order valence-electron chi connectivity index (χ0n) is 14.9. The number of fused-ring (bicyclic) bond motifs is 1. The largest absolute Gasteiger partial charge is 0.497 e. The molecule has 4 rings (SSSR count). The summed E-state index contributed by atoms with van der Waals surface area (Å²) in [6, 6.07) is 11.8. The van der Waals surface area contributed by atoms with Crippen LogP contribution in [0.25, 0.3) is 10.2 Å². The Hall–Kier alpha value is -2.67. The Morgan fingerprint density at radius 3 is 2.93 bits per heavy atom. The van der Waals surface area contributed by atoms with Crippen molar-refractivity contribution >= 4 is 32.6 Å². The van der Waals surface area contributed by atoms with Crippen molar-refractivity contribution in [2.45, 2.75) is 31.3 Å². The molecule has 0 unspecified atom stereocenters.